The topological polar surface area (TPSA) is 70.4 Å². The molecule has 0 unspecified atom stereocenters. The van der Waals surface area contributed by atoms with Crippen molar-refractivity contribution in [2.24, 2.45) is 4.99 Å². The van der Waals surface area contributed by atoms with Gasteiger partial charge in [0.05, 0.1) is 0 Å². The van der Waals surface area contributed by atoms with E-state index in [1.165, 1.54) is 0 Å². The molecule has 1 amide bonds. The van der Waals surface area contributed by atoms with Crippen LogP contribution in [0, 0.1) is 0 Å². The second kappa shape index (κ2) is 9.77. The zero-order valence-electron chi connectivity index (χ0n) is 13.6. The van der Waals surface area contributed by atoms with E-state index in [1.807, 2.05) is 36.7 Å². The highest BCUT2D eigenvalue weighted by molar-refractivity contribution is 9.10. The molecule has 2 rings (SSSR count). The summed E-state index contributed by atoms with van der Waals surface area (Å²) < 4.78 is 3.05. The molecule has 0 aliphatic carbocycles. The molecule has 0 spiro atoms. The zero-order valence-corrected chi connectivity index (χ0v) is 15.2. The minimum atomic E-state index is -0.0835. The molecule has 2 aromatic rings. The van der Waals surface area contributed by atoms with Crippen LogP contribution in [0.3, 0.4) is 0 Å². The summed E-state index contributed by atoms with van der Waals surface area (Å²) in [6.45, 7) is 2.77. The van der Waals surface area contributed by atoms with E-state index in [1.54, 1.807) is 19.2 Å². The van der Waals surface area contributed by atoms with Crippen molar-refractivity contribution < 1.29 is 4.79 Å². The highest BCUT2D eigenvalue weighted by Crippen LogP contribution is 2.10. The summed E-state index contributed by atoms with van der Waals surface area (Å²) in [4.78, 5) is 16.1. The normalized spacial score (nSPS) is 11.2. The third-order valence-corrected chi connectivity index (χ3v) is 3.89. The lowest BCUT2D eigenvalue weighted by atomic mass is 10.2. The van der Waals surface area contributed by atoms with E-state index in [4.69, 9.17) is 0 Å². The third-order valence-electron chi connectivity index (χ3n) is 3.36. The van der Waals surface area contributed by atoms with E-state index in [9.17, 15) is 4.79 Å². The van der Waals surface area contributed by atoms with Crippen LogP contribution in [0.15, 0.2) is 58.3 Å². The van der Waals surface area contributed by atoms with Crippen LogP contribution in [0.25, 0.3) is 0 Å². The van der Waals surface area contributed by atoms with Crippen molar-refractivity contribution in [1.82, 2.24) is 20.5 Å². The number of hydrogen-bond donors (Lipinski definition) is 3. The van der Waals surface area contributed by atoms with Crippen molar-refractivity contribution in [2.75, 3.05) is 26.7 Å². The monoisotopic (exact) mass is 391 g/mol. The van der Waals surface area contributed by atoms with Crippen LogP contribution >= 0.6 is 15.9 Å². The van der Waals surface area contributed by atoms with Gasteiger partial charge in [0.1, 0.15) is 0 Å². The van der Waals surface area contributed by atoms with Gasteiger partial charge in [0, 0.05) is 55.7 Å². The van der Waals surface area contributed by atoms with Crippen LogP contribution in [-0.4, -0.2) is 43.1 Å². The summed E-state index contributed by atoms with van der Waals surface area (Å²) >= 11 is 3.35. The lowest BCUT2D eigenvalue weighted by Gasteiger charge is -2.12. The van der Waals surface area contributed by atoms with Gasteiger partial charge >= 0.3 is 0 Å². The second-order valence-electron chi connectivity index (χ2n) is 5.11. The molecule has 128 valence electrons. The van der Waals surface area contributed by atoms with Gasteiger partial charge in [-0.2, -0.15) is 0 Å². The highest BCUT2D eigenvalue weighted by Gasteiger charge is 2.04. The van der Waals surface area contributed by atoms with Crippen LogP contribution in [0.1, 0.15) is 10.4 Å². The molecule has 0 atom stereocenters. The number of carbonyl (C=O) groups is 1. The molecule has 0 radical (unpaired) electrons. The Morgan fingerprint density at radius 2 is 1.67 bits per heavy atom. The number of amides is 1. The van der Waals surface area contributed by atoms with Crippen molar-refractivity contribution in [3.63, 3.8) is 0 Å². The molecule has 0 fully saturated rings. The Bertz CT molecular complexity index is 652. The van der Waals surface area contributed by atoms with Gasteiger partial charge in [-0.15, -0.1) is 0 Å². The van der Waals surface area contributed by atoms with Crippen LogP contribution in [-0.2, 0) is 6.54 Å². The summed E-state index contributed by atoms with van der Waals surface area (Å²) in [7, 11) is 1.73. The summed E-state index contributed by atoms with van der Waals surface area (Å²) in [6.07, 6.45) is 4.05. The smallest absolute Gasteiger partial charge is 0.251 e. The molecule has 1 heterocycles. The molecule has 0 saturated carbocycles. The number of aromatic nitrogens is 1. The van der Waals surface area contributed by atoms with E-state index < -0.39 is 0 Å². The first kappa shape index (κ1) is 18.1. The van der Waals surface area contributed by atoms with Gasteiger partial charge in [-0.3, -0.25) is 9.79 Å². The predicted octanol–water partition coefficient (Wildman–Crippen LogP) is 1.85. The molecule has 0 aliphatic heterocycles. The number of hydrogen-bond acceptors (Lipinski definition) is 2. The first-order valence-electron chi connectivity index (χ1n) is 7.78. The van der Waals surface area contributed by atoms with Gasteiger partial charge in [-0.05, 0) is 36.4 Å². The molecular weight excluding hydrogens is 370 g/mol. The zero-order chi connectivity index (χ0) is 17.2. The molecular formula is C17H22BrN5O. The van der Waals surface area contributed by atoms with E-state index in [-0.39, 0.29) is 5.91 Å². The van der Waals surface area contributed by atoms with Gasteiger partial charge in [-0.1, -0.05) is 15.9 Å². The molecule has 0 saturated heterocycles. The first-order valence-corrected chi connectivity index (χ1v) is 8.57. The number of guanidine groups is 1. The lowest BCUT2D eigenvalue weighted by Crippen LogP contribution is -2.42. The molecule has 6 nitrogen and oxygen atoms in total. The Kier molecular flexibility index (Phi) is 7.35. The lowest BCUT2D eigenvalue weighted by molar-refractivity contribution is 0.0954. The van der Waals surface area contributed by atoms with Crippen molar-refractivity contribution in [3.8, 4) is 0 Å². The molecule has 24 heavy (non-hydrogen) atoms. The average molecular weight is 392 g/mol. The van der Waals surface area contributed by atoms with Crippen LogP contribution in [0.4, 0.5) is 0 Å². The number of nitrogens with zero attached hydrogens (tertiary/aromatic N) is 2. The Morgan fingerprint density at radius 3 is 2.33 bits per heavy atom. The number of halogens is 1. The Balaban J connectivity index is 1.62. The van der Waals surface area contributed by atoms with Gasteiger partial charge in [-0.25, -0.2) is 0 Å². The maximum Gasteiger partial charge on any atom is 0.251 e. The maximum absolute atomic E-state index is 12.0. The Morgan fingerprint density at radius 1 is 1.04 bits per heavy atom. The quantitative estimate of drug-likeness (QED) is 0.383. The maximum atomic E-state index is 12.0. The number of rotatable bonds is 7. The summed E-state index contributed by atoms with van der Waals surface area (Å²) in [5.41, 5.74) is 0.646. The Hall–Kier alpha value is -2.28. The minimum absolute atomic E-state index is 0.0835. The van der Waals surface area contributed by atoms with Crippen molar-refractivity contribution in [2.45, 2.75) is 6.54 Å². The third kappa shape index (κ3) is 6.08. The van der Waals surface area contributed by atoms with Gasteiger partial charge in [0.15, 0.2) is 5.96 Å². The summed E-state index contributed by atoms with van der Waals surface area (Å²) in [6, 6.07) is 11.3. The number of nitrogens with one attached hydrogen (secondary N) is 3. The largest absolute Gasteiger partial charge is 0.355 e. The van der Waals surface area contributed by atoms with Crippen molar-refractivity contribution >= 4 is 27.8 Å². The fourth-order valence-corrected chi connectivity index (χ4v) is 2.37. The molecule has 0 bridgehead atoms. The van der Waals surface area contributed by atoms with Gasteiger partial charge in [0.2, 0.25) is 0 Å². The minimum Gasteiger partial charge on any atom is -0.355 e. The van der Waals surface area contributed by atoms with Crippen molar-refractivity contribution in [3.05, 3.63) is 58.8 Å². The first-order chi connectivity index (χ1) is 11.7. The summed E-state index contributed by atoms with van der Waals surface area (Å²) in [5.74, 6) is 0.639. The average Bonchev–Trinajstić information content (AvgIpc) is 3.10. The van der Waals surface area contributed by atoms with Crippen molar-refractivity contribution in [1.29, 1.82) is 0 Å². The second-order valence-corrected chi connectivity index (χ2v) is 6.03. The molecule has 1 aromatic carbocycles. The molecule has 1 aromatic heterocycles. The highest BCUT2D eigenvalue weighted by atomic mass is 79.9. The van der Waals surface area contributed by atoms with Gasteiger partial charge in [0.25, 0.3) is 5.91 Å². The van der Waals surface area contributed by atoms with E-state index in [0.29, 0.717) is 18.7 Å². The predicted molar refractivity (Wildman–Crippen MR) is 100 cm³/mol. The number of benzene rings is 1. The van der Waals surface area contributed by atoms with Crippen LogP contribution in [0.2, 0.25) is 0 Å². The van der Waals surface area contributed by atoms with E-state index >= 15 is 0 Å². The van der Waals surface area contributed by atoms with Gasteiger partial charge < -0.3 is 20.5 Å². The van der Waals surface area contributed by atoms with Crippen LogP contribution in [0.5, 0.6) is 0 Å². The fraction of sp³-hybridized carbons (Fsp3) is 0.294. The molecule has 3 N–H and O–H groups in total. The Labute approximate surface area is 150 Å². The fourth-order valence-electron chi connectivity index (χ4n) is 2.10. The standard InChI is InChI=1S/C17H22BrN5O/c1-19-17(22-10-13-23-11-2-3-12-23)21-9-8-20-16(24)14-4-6-15(18)7-5-14/h2-7,11-12H,8-10,13H2,1H3,(H,20,24)(H2,19,21,22). The molecule has 7 heteroatoms. The van der Waals surface area contributed by atoms with E-state index in [0.717, 1.165) is 23.5 Å². The van der Waals surface area contributed by atoms with Crippen LogP contribution < -0.4 is 16.0 Å². The summed E-state index contributed by atoms with van der Waals surface area (Å²) in [5, 5.41) is 9.28. The van der Waals surface area contributed by atoms with E-state index in [2.05, 4.69) is 41.4 Å². The number of aliphatic imine (C=N–C) groups is 1. The molecule has 0 aliphatic rings. The SMILES string of the molecule is CN=C(NCCNC(=O)c1ccc(Br)cc1)NCCn1cccc1. The number of carbonyl (C=O) groups excluding carboxylic acids is 1.